The molecule has 0 bridgehead atoms. The van der Waals surface area contributed by atoms with E-state index < -0.39 is 0 Å². The van der Waals surface area contributed by atoms with Crippen LogP contribution in [0.5, 0.6) is 0 Å². The third-order valence-corrected chi connectivity index (χ3v) is 5.53. The molecule has 0 aromatic heterocycles. The number of likely N-dealkylation sites (tertiary alicyclic amines) is 1. The molecule has 1 atom stereocenters. The van der Waals surface area contributed by atoms with Crippen LogP contribution in [0.25, 0.3) is 0 Å². The largest absolute Gasteiger partial charge is 0.342 e. The molecule has 20 heavy (non-hydrogen) atoms. The van der Waals surface area contributed by atoms with Crippen LogP contribution < -0.4 is 5.73 Å². The van der Waals surface area contributed by atoms with Crippen molar-refractivity contribution >= 4 is 5.91 Å². The predicted octanol–water partition coefficient (Wildman–Crippen LogP) is 3.04. The summed E-state index contributed by atoms with van der Waals surface area (Å²) in [7, 11) is 0. The number of hydrogen-bond acceptors (Lipinski definition) is 2. The predicted molar refractivity (Wildman–Crippen MR) is 83.3 cm³/mol. The Morgan fingerprint density at radius 3 is 2.20 bits per heavy atom. The maximum Gasteiger partial charge on any atom is 0.222 e. The number of carbonyl (C=O) groups is 1. The Bertz CT molecular complexity index is 326. The van der Waals surface area contributed by atoms with Crippen molar-refractivity contribution in [2.24, 2.45) is 28.9 Å². The molecule has 0 spiro atoms. The highest BCUT2D eigenvalue weighted by Gasteiger charge is 2.34. The maximum atomic E-state index is 12.4. The number of hydrogen-bond donors (Lipinski definition) is 1. The van der Waals surface area contributed by atoms with Gasteiger partial charge in [0.2, 0.25) is 5.91 Å². The number of carbonyl (C=O) groups excluding carboxylic acids is 1. The monoisotopic (exact) mass is 280 g/mol. The lowest BCUT2D eigenvalue weighted by molar-refractivity contribution is -0.131. The van der Waals surface area contributed by atoms with Crippen LogP contribution in [-0.2, 0) is 4.79 Å². The van der Waals surface area contributed by atoms with Gasteiger partial charge in [-0.2, -0.15) is 0 Å². The Morgan fingerprint density at radius 1 is 1.10 bits per heavy atom. The minimum Gasteiger partial charge on any atom is -0.342 e. The Balaban J connectivity index is 1.76. The minimum atomic E-state index is 0.328. The highest BCUT2D eigenvalue weighted by atomic mass is 16.2. The van der Waals surface area contributed by atoms with Crippen LogP contribution in [-0.4, -0.2) is 30.4 Å². The topological polar surface area (TPSA) is 46.3 Å². The minimum absolute atomic E-state index is 0.328. The third kappa shape index (κ3) is 3.97. The van der Waals surface area contributed by atoms with Crippen molar-refractivity contribution in [2.45, 2.75) is 59.3 Å². The van der Waals surface area contributed by atoms with Crippen molar-refractivity contribution in [3.8, 4) is 0 Å². The molecule has 1 heterocycles. The van der Waals surface area contributed by atoms with E-state index in [2.05, 4.69) is 25.7 Å². The van der Waals surface area contributed by atoms with E-state index in [9.17, 15) is 4.79 Å². The lowest BCUT2D eigenvalue weighted by Gasteiger charge is -2.29. The zero-order valence-electron chi connectivity index (χ0n) is 13.5. The fourth-order valence-corrected chi connectivity index (χ4v) is 3.74. The molecule has 0 radical (unpaired) electrons. The molecule has 116 valence electrons. The second-order valence-corrected chi connectivity index (χ2v) is 8.02. The first kappa shape index (κ1) is 15.8. The molecule has 2 aliphatic rings. The van der Waals surface area contributed by atoms with Gasteiger partial charge in [-0.25, -0.2) is 0 Å². The van der Waals surface area contributed by atoms with Crippen LogP contribution in [0.2, 0.25) is 0 Å². The first-order valence-corrected chi connectivity index (χ1v) is 8.38. The van der Waals surface area contributed by atoms with Gasteiger partial charge in [0.05, 0.1) is 0 Å². The second kappa shape index (κ2) is 6.46. The zero-order chi connectivity index (χ0) is 14.8. The van der Waals surface area contributed by atoms with Gasteiger partial charge in [-0.15, -0.1) is 0 Å². The molecule has 1 saturated carbocycles. The normalized spacial score (nSPS) is 31.6. The fourth-order valence-electron chi connectivity index (χ4n) is 3.74. The molecule has 3 heteroatoms. The summed E-state index contributed by atoms with van der Waals surface area (Å²) in [5.74, 6) is 2.38. The average Bonchev–Trinajstić information content (AvgIpc) is 2.89. The average molecular weight is 280 g/mol. The first-order chi connectivity index (χ1) is 9.40. The van der Waals surface area contributed by atoms with Gasteiger partial charge >= 0.3 is 0 Å². The summed E-state index contributed by atoms with van der Waals surface area (Å²) in [6.45, 7) is 9.64. The SMILES string of the molecule is CC(C)(C)C1CCN(C(=O)CC2CCC(CN)CC2)C1. The van der Waals surface area contributed by atoms with Crippen molar-refractivity contribution in [1.82, 2.24) is 4.90 Å². The number of amides is 1. The molecule has 2 fully saturated rings. The van der Waals surface area contributed by atoms with E-state index in [1.54, 1.807) is 0 Å². The molecule has 2 N–H and O–H groups in total. The molecule has 1 amide bonds. The highest BCUT2D eigenvalue weighted by molar-refractivity contribution is 5.76. The van der Waals surface area contributed by atoms with E-state index in [1.807, 2.05) is 0 Å². The summed E-state index contributed by atoms with van der Waals surface area (Å²) in [6.07, 6.45) is 6.79. The van der Waals surface area contributed by atoms with E-state index in [4.69, 9.17) is 5.73 Å². The van der Waals surface area contributed by atoms with Gasteiger partial charge in [0.15, 0.2) is 0 Å². The number of rotatable bonds is 3. The lowest BCUT2D eigenvalue weighted by atomic mass is 9.80. The van der Waals surface area contributed by atoms with Gasteiger partial charge in [0.25, 0.3) is 0 Å². The Hall–Kier alpha value is -0.570. The molecular formula is C17H32N2O. The zero-order valence-corrected chi connectivity index (χ0v) is 13.5. The number of nitrogens with zero attached hydrogens (tertiary/aromatic N) is 1. The van der Waals surface area contributed by atoms with Crippen LogP contribution in [0.1, 0.15) is 59.3 Å². The Kier molecular flexibility index (Phi) is 5.11. The van der Waals surface area contributed by atoms with E-state index >= 15 is 0 Å². The van der Waals surface area contributed by atoms with Gasteiger partial charge in [0.1, 0.15) is 0 Å². The van der Waals surface area contributed by atoms with E-state index in [-0.39, 0.29) is 0 Å². The molecule has 0 aromatic carbocycles. The molecular weight excluding hydrogens is 248 g/mol. The Morgan fingerprint density at radius 2 is 1.70 bits per heavy atom. The molecule has 1 unspecified atom stereocenters. The van der Waals surface area contributed by atoms with E-state index in [0.717, 1.165) is 26.1 Å². The van der Waals surface area contributed by atoms with Crippen molar-refractivity contribution in [1.29, 1.82) is 0 Å². The quantitative estimate of drug-likeness (QED) is 0.863. The summed E-state index contributed by atoms with van der Waals surface area (Å²) in [6, 6.07) is 0. The highest BCUT2D eigenvalue weighted by Crippen LogP contribution is 2.35. The van der Waals surface area contributed by atoms with Crippen molar-refractivity contribution in [2.75, 3.05) is 19.6 Å². The first-order valence-electron chi connectivity index (χ1n) is 8.38. The van der Waals surface area contributed by atoms with Gasteiger partial charge in [-0.3, -0.25) is 4.79 Å². The van der Waals surface area contributed by atoms with E-state index in [0.29, 0.717) is 29.1 Å². The van der Waals surface area contributed by atoms with Crippen molar-refractivity contribution in [3.05, 3.63) is 0 Å². The molecule has 3 nitrogen and oxygen atoms in total. The van der Waals surface area contributed by atoms with E-state index in [1.165, 1.54) is 32.1 Å². The fraction of sp³-hybridized carbons (Fsp3) is 0.941. The van der Waals surface area contributed by atoms with Crippen molar-refractivity contribution < 1.29 is 4.79 Å². The molecule has 1 saturated heterocycles. The molecule has 2 rings (SSSR count). The van der Waals surface area contributed by atoms with Crippen LogP contribution in [0, 0.1) is 23.2 Å². The standard InChI is InChI=1S/C17H32N2O/c1-17(2,3)15-8-9-19(12-15)16(20)10-13-4-6-14(11-18)7-5-13/h13-15H,4-12,18H2,1-3H3. The van der Waals surface area contributed by atoms with Crippen LogP contribution in [0.15, 0.2) is 0 Å². The third-order valence-electron chi connectivity index (χ3n) is 5.53. The summed E-state index contributed by atoms with van der Waals surface area (Å²) in [5.41, 5.74) is 6.06. The van der Waals surface area contributed by atoms with Crippen LogP contribution in [0.4, 0.5) is 0 Å². The van der Waals surface area contributed by atoms with Gasteiger partial charge < -0.3 is 10.6 Å². The summed E-state index contributed by atoms with van der Waals surface area (Å²) in [4.78, 5) is 14.6. The number of nitrogens with two attached hydrogens (primary N) is 1. The molecule has 1 aliphatic heterocycles. The smallest absolute Gasteiger partial charge is 0.222 e. The summed E-state index contributed by atoms with van der Waals surface area (Å²) < 4.78 is 0. The van der Waals surface area contributed by atoms with Gasteiger partial charge in [-0.05, 0) is 61.8 Å². The van der Waals surface area contributed by atoms with Crippen molar-refractivity contribution in [3.63, 3.8) is 0 Å². The summed E-state index contributed by atoms with van der Waals surface area (Å²) in [5, 5.41) is 0. The van der Waals surface area contributed by atoms with Gasteiger partial charge in [0, 0.05) is 19.5 Å². The maximum absolute atomic E-state index is 12.4. The Labute approximate surface area is 124 Å². The van der Waals surface area contributed by atoms with Crippen LogP contribution >= 0.6 is 0 Å². The van der Waals surface area contributed by atoms with Crippen LogP contribution in [0.3, 0.4) is 0 Å². The molecule has 0 aromatic rings. The second-order valence-electron chi connectivity index (χ2n) is 8.02. The molecule has 1 aliphatic carbocycles. The summed E-state index contributed by atoms with van der Waals surface area (Å²) >= 11 is 0. The van der Waals surface area contributed by atoms with Gasteiger partial charge in [-0.1, -0.05) is 20.8 Å². The lowest BCUT2D eigenvalue weighted by Crippen LogP contribution is -2.33.